The summed E-state index contributed by atoms with van der Waals surface area (Å²) in [5, 5.41) is 12.8. The van der Waals surface area contributed by atoms with Crippen LogP contribution in [0.1, 0.15) is 5.56 Å². The van der Waals surface area contributed by atoms with Crippen LogP contribution in [0.25, 0.3) is 11.0 Å². The summed E-state index contributed by atoms with van der Waals surface area (Å²) in [6, 6.07) is 10.5. The Labute approximate surface area is 135 Å². The van der Waals surface area contributed by atoms with Crippen LogP contribution in [0, 0.1) is 0 Å². The molecule has 0 aliphatic rings. The molecule has 0 unspecified atom stereocenters. The first-order valence-corrected chi connectivity index (χ1v) is 7.19. The zero-order valence-electron chi connectivity index (χ0n) is 11.2. The first kappa shape index (κ1) is 14.7. The topological polar surface area (TPSA) is 78.0 Å². The van der Waals surface area contributed by atoms with E-state index in [4.69, 9.17) is 28.3 Å². The van der Waals surface area contributed by atoms with Gasteiger partial charge in [-0.25, -0.2) is 4.98 Å². The van der Waals surface area contributed by atoms with Crippen LogP contribution < -0.4 is 5.32 Å². The molecule has 1 heterocycles. The first-order valence-electron chi connectivity index (χ1n) is 6.44. The Morgan fingerprint density at radius 1 is 1.18 bits per heavy atom. The number of H-pyrrole nitrogens is 1. The summed E-state index contributed by atoms with van der Waals surface area (Å²) in [5.74, 6) is -0.300. The van der Waals surface area contributed by atoms with E-state index in [-0.39, 0.29) is 6.42 Å². The lowest BCUT2D eigenvalue weighted by Crippen LogP contribution is -2.00. The van der Waals surface area contributed by atoms with E-state index in [0.29, 0.717) is 21.5 Å². The summed E-state index contributed by atoms with van der Waals surface area (Å²) in [6.45, 7) is 0. The molecular weight excluding hydrogens is 325 g/mol. The summed E-state index contributed by atoms with van der Waals surface area (Å²) >= 11 is 11.9. The Kier molecular flexibility index (Phi) is 3.92. The Bertz CT molecular complexity index is 805. The van der Waals surface area contributed by atoms with Gasteiger partial charge in [0.15, 0.2) is 0 Å². The molecule has 0 bridgehead atoms. The van der Waals surface area contributed by atoms with Crippen LogP contribution in [-0.2, 0) is 11.2 Å². The molecule has 1 aromatic heterocycles. The minimum atomic E-state index is -0.855. The van der Waals surface area contributed by atoms with E-state index in [9.17, 15) is 4.79 Å². The molecule has 0 saturated heterocycles. The fourth-order valence-corrected chi connectivity index (χ4v) is 2.40. The molecule has 112 valence electrons. The van der Waals surface area contributed by atoms with Crippen molar-refractivity contribution in [1.82, 2.24) is 9.97 Å². The smallest absolute Gasteiger partial charge is 0.307 e. The molecule has 0 fully saturated rings. The monoisotopic (exact) mass is 335 g/mol. The molecule has 5 nitrogen and oxygen atoms in total. The van der Waals surface area contributed by atoms with Gasteiger partial charge >= 0.3 is 5.97 Å². The molecule has 0 spiro atoms. The van der Waals surface area contributed by atoms with Crippen LogP contribution in [0.4, 0.5) is 11.6 Å². The Morgan fingerprint density at radius 2 is 1.86 bits per heavy atom. The maximum atomic E-state index is 10.6. The number of fused-ring (bicyclic) bond motifs is 1. The number of benzene rings is 2. The fraction of sp³-hybridized carbons (Fsp3) is 0.0667. The number of nitrogens with zero attached hydrogens (tertiary/aromatic N) is 1. The second-order valence-corrected chi connectivity index (χ2v) is 5.58. The second-order valence-electron chi connectivity index (χ2n) is 4.76. The van der Waals surface area contributed by atoms with Crippen molar-refractivity contribution in [2.75, 3.05) is 5.32 Å². The lowest BCUT2D eigenvalue weighted by molar-refractivity contribution is -0.136. The lowest BCUT2D eigenvalue weighted by Gasteiger charge is -2.03. The molecule has 22 heavy (non-hydrogen) atoms. The second kappa shape index (κ2) is 5.87. The van der Waals surface area contributed by atoms with Gasteiger partial charge in [0.05, 0.1) is 27.5 Å². The van der Waals surface area contributed by atoms with Crippen molar-refractivity contribution in [2.24, 2.45) is 0 Å². The van der Waals surface area contributed by atoms with Gasteiger partial charge in [-0.05, 0) is 29.8 Å². The molecule has 2 aromatic carbocycles. The van der Waals surface area contributed by atoms with Gasteiger partial charge < -0.3 is 15.4 Å². The maximum absolute atomic E-state index is 10.6. The lowest BCUT2D eigenvalue weighted by atomic mass is 10.1. The van der Waals surface area contributed by atoms with E-state index < -0.39 is 5.97 Å². The van der Waals surface area contributed by atoms with Gasteiger partial charge in [0.2, 0.25) is 5.95 Å². The van der Waals surface area contributed by atoms with Gasteiger partial charge in [-0.1, -0.05) is 35.3 Å². The number of nitrogens with one attached hydrogen (secondary N) is 2. The van der Waals surface area contributed by atoms with E-state index in [1.807, 2.05) is 0 Å². The first-order chi connectivity index (χ1) is 10.5. The highest BCUT2D eigenvalue weighted by Gasteiger charge is 2.07. The average Bonchev–Trinajstić information content (AvgIpc) is 2.82. The Hall–Kier alpha value is -2.24. The predicted octanol–water partition coefficient (Wildman–Crippen LogP) is 4.24. The molecule has 3 rings (SSSR count). The van der Waals surface area contributed by atoms with Crippen LogP contribution in [0.3, 0.4) is 0 Å². The van der Waals surface area contributed by atoms with Crippen molar-refractivity contribution < 1.29 is 9.90 Å². The summed E-state index contributed by atoms with van der Waals surface area (Å²) in [7, 11) is 0. The molecule has 0 aliphatic carbocycles. The average molecular weight is 336 g/mol. The van der Waals surface area contributed by atoms with Gasteiger partial charge in [0.1, 0.15) is 0 Å². The molecule has 0 atom stereocenters. The van der Waals surface area contributed by atoms with Gasteiger partial charge in [0, 0.05) is 5.69 Å². The number of hydrogen-bond acceptors (Lipinski definition) is 3. The fourth-order valence-electron chi connectivity index (χ4n) is 2.08. The number of carbonyl (C=O) groups is 1. The van der Waals surface area contributed by atoms with Crippen LogP contribution >= 0.6 is 23.2 Å². The number of imidazole rings is 1. The minimum Gasteiger partial charge on any atom is -0.481 e. The number of aromatic nitrogens is 2. The molecule has 3 aromatic rings. The van der Waals surface area contributed by atoms with E-state index >= 15 is 0 Å². The highest BCUT2D eigenvalue weighted by molar-refractivity contribution is 6.42. The standard InChI is InChI=1S/C15H11Cl2N3O2/c16-10-6-12-13(7-11(10)17)20-15(19-12)18-9-3-1-8(2-4-9)5-14(21)22/h1-4,6-7H,5H2,(H,21,22)(H2,18,19,20). The normalized spacial score (nSPS) is 10.8. The summed E-state index contributed by atoms with van der Waals surface area (Å²) in [6.07, 6.45) is 0.00190. The summed E-state index contributed by atoms with van der Waals surface area (Å²) in [5.41, 5.74) is 3.02. The van der Waals surface area contributed by atoms with E-state index in [1.54, 1.807) is 36.4 Å². The highest BCUT2D eigenvalue weighted by atomic mass is 35.5. The molecule has 0 saturated carbocycles. The van der Waals surface area contributed by atoms with Crippen LogP contribution in [0.2, 0.25) is 10.0 Å². The SMILES string of the molecule is O=C(O)Cc1ccc(Nc2nc3cc(Cl)c(Cl)cc3[nH]2)cc1. The third kappa shape index (κ3) is 3.16. The van der Waals surface area contributed by atoms with Crippen LogP contribution in [0.15, 0.2) is 36.4 Å². The summed E-state index contributed by atoms with van der Waals surface area (Å²) < 4.78 is 0. The third-order valence-electron chi connectivity index (χ3n) is 3.10. The number of carboxylic acids is 1. The number of aromatic amines is 1. The quantitative estimate of drug-likeness (QED) is 0.666. The molecule has 3 N–H and O–H groups in total. The van der Waals surface area contributed by atoms with Gasteiger partial charge in [-0.15, -0.1) is 0 Å². The van der Waals surface area contributed by atoms with E-state index in [1.165, 1.54) is 0 Å². The van der Waals surface area contributed by atoms with Crippen molar-refractivity contribution in [2.45, 2.75) is 6.42 Å². The van der Waals surface area contributed by atoms with Gasteiger partial charge in [0.25, 0.3) is 0 Å². The number of carboxylic acid groups (broad SMARTS) is 1. The number of halogens is 2. The number of anilines is 2. The van der Waals surface area contributed by atoms with Crippen molar-refractivity contribution >= 4 is 51.8 Å². The molecule has 0 aliphatic heterocycles. The zero-order chi connectivity index (χ0) is 15.7. The van der Waals surface area contributed by atoms with Crippen molar-refractivity contribution in [3.8, 4) is 0 Å². The molecule has 0 amide bonds. The van der Waals surface area contributed by atoms with Crippen molar-refractivity contribution in [1.29, 1.82) is 0 Å². The number of aliphatic carboxylic acids is 1. The van der Waals surface area contributed by atoms with Crippen LogP contribution in [0.5, 0.6) is 0 Å². The van der Waals surface area contributed by atoms with Crippen molar-refractivity contribution in [3.63, 3.8) is 0 Å². The van der Waals surface area contributed by atoms with E-state index in [2.05, 4.69) is 15.3 Å². The molecular formula is C15H11Cl2N3O2. The Morgan fingerprint density at radius 3 is 2.55 bits per heavy atom. The third-order valence-corrected chi connectivity index (χ3v) is 3.82. The summed E-state index contributed by atoms with van der Waals surface area (Å²) in [4.78, 5) is 18.1. The Balaban J connectivity index is 1.82. The van der Waals surface area contributed by atoms with E-state index in [0.717, 1.165) is 16.8 Å². The van der Waals surface area contributed by atoms with Crippen LogP contribution in [-0.4, -0.2) is 21.0 Å². The highest BCUT2D eigenvalue weighted by Crippen LogP contribution is 2.28. The van der Waals surface area contributed by atoms with Gasteiger partial charge in [-0.3, -0.25) is 4.79 Å². The number of rotatable bonds is 4. The maximum Gasteiger partial charge on any atom is 0.307 e. The largest absolute Gasteiger partial charge is 0.481 e. The molecule has 0 radical (unpaired) electrons. The predicted molar refractivity (Wildman–Crippen MR) is 87.2 cm³/mol. The minimum absolute atomic E-state index is 0.00190. The molecule has 7 heteroatoms. The zero-order valence-corrected chi connectivity index (χ0v) is 12.7. The number of hydrogen-bond donors (Lipinski definition) is 3. The van der Waals surface area contributed by atoms with Gasteiger partial charge in [-0.2, -0.15) is 0 Å². The van der Waals surface area contributed by atoms with Crippen molar-refractivity contribution in [3.05, 3.63) is 52.0 Å².